The van der Waals surface area contributed by atoms with Crippen LogP contribution in [-0.4, -0.2) is 44.9 Å². The van der Waals surface area contributed by atoms with E-state index in [1.54, 1.807) is 29.2 Å². The zero-order valence-corrected chi connectivity index (χ0v) is 17.2. The number of nitrogens with zero attached hydrogens (tertiary/aromatic N) is 2. The van der Waals surface area contributed by atoms with Crippen LogP contribution in [0.3, 0.4) is 0 Å². The third-order valence-corrected chi connectivity index (χ3v) is 6.62. The van der Waals surface area contributed by atoms with Crippen LogP contribution in [0, 0.1) is 5.82 Å². The molecule has 0 saturated carbocycles. The van der Waals surface area contributed by atoms with Crippen LogP contribution in [-0.2, 0) is 24.4 Å². The van der Waals surface area contributed by atoms with Crippen molar-refractivity contribution in [3.05, 3.63) is 69.0 Å². The van der Waals surface area contributed by atoms with Crippen molar-refractivity contribution < 1.29 is 23.9 Å². The predicted molar refractivity (Wildman–Crippen MR) is 108 cm³/mol. The van der Waals surface area contributed by atoms with Crippen molar-refractivity contribution in [1.29, 1.82) is 0 Å². The van der Waals surface area contributed by atoms with Crippen LogP contribution in [0.25, 0.3) is 0 Å². The second kappa shape index (κ2) is 7.32. The van der Waals surface area contributed by atoms with Gasteiger partial charge in [0.25, 0.3) is 11.8 Å². The van der Waals surface area contributed by atoms with Crippen LogP contribution in [0.5, 0.6) is 0 Å². The molecule has 2 unspecified atom stereocenters. The lowest BCUT2D eigenvalue weighted by Gasteiger charge is -2.35. The third-order valence-electron chi connectivity index (χ3n) is 6.22. The molecule has 1 fully saturated rings. The number of carbonyl (C=O) groups is 3. The lowest BCUT2D eigenvalue weighted by molar-refractivity contribution is -0.129. The van der Waals surface area contributed by atoms with Crippen LogP contribution >= 0.6 is 11.6 Å². The summed E-state index contributed by atoms with van der Waals surface area (Å²) in [5, 5.41) is 12.7. The van der Waals surface area contributed by atoms with Gasteiger partial charge in [0, 0.05) is 37.2 Å². The van der Waals surface area contributed by atoms with Gasteiger partial charge >= 0.3 is 0 Å². The second-order valence-corrected chi connectivity index (χ2v) is 8.46. The molecule has 160 valence electrons. The Hall–Kier alpha value is -2.97. The van der Waals surface area contributed by atoms with Crippen molar-refractivity contribution in [2.75, 3.05) is 0 Å². The molecule has 9 heteroatoms. The van der Waals surface area contributed by atoms with Gasteiger partial charge in [0.2, 0.25) is 5.91 Å². The second-order valence-electron chi connectivity index (χ2n) is 8.08. The van der Waals surface area contributed by atoms with E-state index in [0.717, 1.165) is 5.56 Å². The van der Waals surface area contributed by atoms with E-state index in [1.165, 1.54) is 11.0 Å². The van der Waals surface area contributed by atoms with Crippen LogP contribution in [0.2, 0.25) is 5.02 Å². The summed E-state index contributed by atoms with van der Waals surface area (Å²) in [5.74, 6) is -1.21. The quantitative estimate of drug-likeness (QED) is 0.744. The lowest BCUT2D eigenvalue weighted by Crippen LogP contribution is -2.55. The van der Waals surface area contributed by atoms with Gasteiger partial charge in [-0.05, 0) is 47.4 Å². The lowest BCUT2D eigenvalue weighted by atomic mass is 10.0. The highest BCUT2D eigenvalue weighted by atomic mass is 35.5. The monoisotopic (exact) mass is 443 g/mol. The minimum atomic E-state index is -1.12. The first-order chi connectivity index (χ1) is 14.8. The first kappa shape index (κ1) is 20.0. The van der Waals surface area contributed by atoms with E-state index in [9.17, 15) is 23.9 Å². The summed E-state index contributed by atoms with van der Waals surface area (Å²) in [6.07, 6.45) is -0.500. The number of aliphatic hydroxyl groups excluding tert-OH is 1. The Kier molecular flexibility index (Phi) is 4.71. The zero-order valence-electron chi connectivity index (χ0n) is 16.4. The van der Waals surface area contributed by atoms with Crippen molar-refractivity contribution in [3.8, 4) is 0 Å². The highest BCUT2D eigenvalue weighted by molar-refractivity contribution is 6.31. The molecule has 3 aliphatic heterocycles. The smallest absolute Gasteiger partial charge is 0.254 e. The van der Waals surface area contributed by atoms with E-state index in [-0.39, 0.29) is 42.3 Å². The molecular formula is C22H19ClFN3O4. The number of halogens is 2. The fourth-order valence-corrected chi connectivity index (χ4v) is 4.81. The number of amides is 3. The van der Waals surface area contributed by atoms with E-state index < -0.39 is 18.1 Å². The number of piperidine rings is 1. The standard InChI is InChI=1S/C22H19ClFN3O4/c23-19-15-10-26(8-12(15)2-4-16(19)24)21(30)11-1-3-14-13(7-11)9-27(22(14)31)17-5-6-18(28)25-20(17)29/h1-4,7,17,20,29H,5-6,8-10H2,(H,25,28). The van der Waals surface area contributed by atoms with Crippen molar-refractivity contribution in [2.45, 2.75) is 44.7 Å². The predicted octanol–water partition coefficient (Wildman–Crippen LogP) is 2.19. The van der Waals surface area contributed by atoms with Gasteiger partial charge in [-0.25, -0.2) is 4.39 Å². The Morgan fingerprint density at radius 2 is 1.94 bits per heavy atom. The number of rotatable bonds is 2. The molecule has 3 heterocycles. The Morgan fingerprint density at radius 1 is 1.13 bits per heavy atom. The number of fused-ring (bicyclic) bond motifs is 2. The third kappa shape index (κ3) is 3.26. The fraction of sp³-hybridized carbons (Fsp3) is 0.318. The summed E-state index contributed by atoms with van der Waals surface area (Å²) in [5.41, 5.74) is 3.04. The van der Waals surface area contributed by atoms with E-state index in [0.29, 0.717) is 35.2 Å². The summed E-state index contributed by atoms with van der Waals surface area (Å²) < 4.78 is 13.7. The van der Waals surface area contributed by atoms with Crippen LogP contribution in [0.1, 0.15) is 50.2 Å². The van der Waals surface area contributed by atoms with Gasteiger partial charge in [-0.2, -0.15) is 0 Å². The molecule has 0 radical (unpaired) electrons. The molecule has 0 spiro atoms. The van der Waals surface area contributed by atoms with Crippen molar-refractivity contribution in [3.63, 3.8) is 0 Å². The number of carbonyl (C=O) groups excluding carboxylic acids is 3. The maximum atomic E-state index is 13.7. The SMILES string of the molecule is O=C1CCC(N2Cc3cc(C(=O)N4Cc5ccc(F)c(Cl)c5C4)ccc3C2=O)C(O)N1. The largest absolute Gasteiger partial charge is 0.372 e. The average Bonchev–Trinajstić information content (AvgIpc) is 3.32. The Labute approximate surface area is 182 Å². The van der Waals surface area contributed by atoms with Gasteiger partial charge < -0.3 is 20.2 Å². The maximum Gasteiger partial charge on any atom is 0.254 e. The molecule has 7 nitrogen and oxygen atoms in total. The number of nitrogens with one attached hydrogen (secondary N) is 1. The molecule has 0 aliphatic carbocycles. The number of hydrogen-bond acceptors (Lipinski definition) is 4. The van der Waals surface area contributed by atoms with Gasteiger partial charge in [-0.1, -0.05) is 17.7 Å². The number of benzene rings is 2. The molecule has 0 bridgehead atoms. The topological polar surface area (TPSA) is 90.0 Å². The fourth-order valence-electron chi connectivity index (χ4n) is 4.57. The minimum Gasteiger partial charge on any atom is -0.372 e. The van der Waals surface area contributed by atoms with Crippen molar-refractivity contribution in [2.24, 2.45) is 0 Å². The number of aliphatic hydroxyl groups is 1. The molecule has 2 aromatic rings. The molecule has 3 aliphatic rings. The molecule has 0 aromatic heterocycles. The van der Waals surface area contributed by atoms with Gasteiger partial charge in [-0.3, -0.25) is 14.4 Å². The molecule has 2 atom stereocenters. The maximum absolute atomic E-state index is 13.7. The summed E-state index contributed by atoms with van der Waals surface area (Å²) >= 11 is 6.06. The van der Waals surface area contributed by atoms with Crippen molar-refractivity contribution >= 4 is 29.3 Å². The summed E-state index contributed by atoms with van der Waals surface area (Å²) in [6.45, 7) is 0.815. The normalized spacial score (nSPS) is 22.4. The van der Waals surface area contributed by atoms with Gasteiger partial charge in [0.15, 0.2) is 0 Å². The highest BCUT2D eigenvalue weighted by Gasteiger charge is 2.39. The molecule has 1 saturated heterocycles. The highest BCUT2D eigenvalue weighted by Crippen LogP contribution is 2.33. The Balaban J connectivity index is 1.35. The van der Waals surface area contributed by atoms with E-state index >= 15 is 0 Å². The first-order valence-electron chi connectivity index (χ1n) is 10.00. The molecule has 2 aromatic carbocycles. The van der Waals surface area contributed by atoms with Crippen LogP contribution in [0.15, 0.2) is 30.3 Å². The van der Waals surface area contributed by atoms with E-state index in [4.69, 9.17) is 11.6 Å². The van der Waals surface area contributed by atoms with Gasteiger partial charge in [0.05, 0.1) is 11.1 Å². The Bertz CT molecular complexity index is 1140. The molecule has 3 amide bonds. The van der Waals surface area contributed by atoms with Crippen LogP contribution < -0.4 is 5.32 Å². The average molecular weight is 444 g/mol. The molecular weight excluding hydrogens is 425 g/mol. The molecule has 2 N–H and O–H groups in total. The number of hydrogen-bond donors (Lipinski definition) is 2. The van der Waals surface area contributed by atoms with Gasteiger partial charge in [-0.15, -0.1) is 0 Å². The summed E-state index contributed by atoms with van der Waals surface area (Å²) in [7, 11) is 0. The van der Waals surface area contributed by atoms with Gasteiger partial charge in [0.1, 0.15) is 12.0 Å². The minimum absolute atomic E-state index is 0.0427. The van der Waals surface area contributed by atoms with E-state index in [1.807, 2.05) is 0 Å². The first-order valence-corrected chi connectivity index (χ1v) is 10.4. The van der Waals surface area contributed by atoms with E-state index in [2.05, 4.69) is 5.32 Å². The zero-order chi connectivity index (χ0) is 21.9. The van der Waals surface area contributed by atoms with Crippen molar-refractivity contribution in [1.82, 2.24) is 15.1 Å². The summed E-state index contributed by atoms with van der Waals surface area (Å²) in [4.78, 5) is 40.5. The molecule has 31 heavy (non-hydrogen) atoms. The Morgan fingerprint density at radius 3 is 2.71 bits per heavy atom. The molecule has 5 rings (SSSR count). The van der Waals surface area contributed by atoms with Crippen LogP contribution in [0.4, 0.5) is 4.39 Å². The summed E-state index contributed by atoms with van der Waals surface area (Å²) in [6, 6.07) is 7.34.